The monoisotopic (exact) mass is 371 g/mol. The minimum absolute atomic E-state index is 0.0489. The second-order valence-corrected chi connectivity index (χ2v) is 8.40. The van der Waals surface area contributed by atoms with Crippen LogP contribution < -0.4 is 5.56 Å². The third-order valence-electron chi connectivity index (χ3n) is 4.47. The number of para-hydroxylation sites is 1. The maximum atomic E-state index is 12.6. The number of pyridine rings is 1. The standard InChI is InChI=1S/C18H17N3O4S/c1-12-15(9-19)17(22)21(14-7-8-26(24,25)11-14)18(23)16(12)10-20-13-5-3-2-4-6-13/h2-6,10,14,23H,7-8,11H2,1H3/t14-/m1/s1. The maximum absolute atomic E-state index is 12.6. The summed E-state index contributed by atoms with van der Waals surface area (Å²) in [6.07, 6.45) is 1.61. The lowest BCUT2D eigenvalue weighted by molar-refractivity contribution is 0.379. The molecule has 3 rings (SSSR count). The molecule has 2 aromatic rings. The van der Waals surface area contributed by atoms with E-state index in [-0.39, 0.29) is 34.9 Å². The summed E-state index contributed by atoms with van der Waals surface area (Å²) in [6.45, 7) is 1.56. The van der Waals surface area contributed by atoms with Gasteiger partial charge in [0.15, 0.2) is 9.84 Å². The van der Waals surface area contributed by atoms with Crippen LogP contribution in [0.3, 0.4) is 0 Å². The van der Waals surface area contributed by atoms with E-state index in [9.17, 15) is 23.6 Å². The molecule has 8 heteroatoms. The molecule has 1 N–H and O–H groups in total. The van der Waals surface area contributed by atoms with E-state index in [4.69, 9.17) is 0 Å². The normalized spacial score (nSPS) is 18.8. The van der Waals surface area contributed by atoms with Crippen molar-refractivity contribution in [3.05, 3.63) is 57.4 Å². The summed E-state index contributed by atoms with van der Waals surface area (Å²) < 4.78 is 24.5. The smallest absolute Gasteiger partial charge is 0.271 e. The molecule has 7 nitrogen and oxygen atoms in total. The second-order valence-electron chi connectivity index (χ2n) is 6.17. The van der Waals surface area contributed by atoms with Gasteiger partial charge in [0, 0.05) is 6.21 Å². The van der Waals surface area contributed by atoms with Gasteiger partial charge in [-0.3, -0.25) is 14.4 Å². The number of aromatic hydroxyl groups is 1. The Kier molecular flexibility index (Phi) is 4.66. The van der Waals surface area contributed by atoms with Crippen molar-refractivity contribution in [3.8, 4) is 11.9 Å². The lowest BCUT2D eigenvalue weighted by Crippen LogP contribution is -2.29. The van der Waals surface area contributed by atoms with E-state index in [2.05, 4.69) is 4.99 Å². The summed E-state index contributed by atoms with van der Waals surface area (Å²) in [7, 11) is -3.26. The number of aromatic nitrogens is 1. The van der Waals surface area contributed by atoms with Gasteiger partial charge < -0.3 is 5.11 Å². The topological polar surface area (TPSA) is 113 Å². The fourth-order valence-electron chi connectivity index (χ4n) is 3.07. The van der Waals surface area contributed by atoms with Crippen LogP contribution in [0.1, 0.15) is 29.2 Å². The van der Waals surface area contributed by atoms with Crippen molar-refractivity contribution in [2.24, 2.45) is 4.99 Å². The molecular weight excluding hydrogens is 354 g/mol. The Morgan fingerprint density at radius 2 is 2.04 bits per heavy atom. The minimum Gasteiger partial charge on any atom is -0.494 e. The van der Waals surface area contributed by atoms with E-state index < -0.39 is 21.4 Å². The fraction of sp³-hybridized carbons (Fsp3) is 0.278. The molecule has 0 aliphatic carbocycles. The second kappa shape index (κ2) is 6.77. The number of nitriles is 1. The minimum atomic E-state index is -3.26. The van der Waals surface area contributed by atoms with Gasteiger partial charge in [-0.2, -0.15) is 5.26 Å². The van der Waals surface area contributed by atoms with Gasteiger partial charge in [0.05, 0.1) is 28.8 Å². The van der Waals surface area contributed by atoms with Gasteiger partial charge >= 0.3 is 0 Å². The molecule has 1 fully saturated rings. The Labute approximate surface area is 150 Å². The molecule has 0 saturated carbocycles. The molecule has 134 valence electrons. The highest BCUT2D eigenvalue weighted by Crippen LogP contribution is 2.29. The van der Waals surface area contributed by atoms with Gasteiger partial charge in [0.2, 0.25) is 5.88 Å². The van der Waals surface area contributed by atoms with Crippen LogP contribution in [-0.2, 0) is 9.84 Å². The zero-order valence-electron chi connectivity index (χ0n) is 14.1. The van der Waals surface area contributed by atoms with Crippen LogP contribution in [0.25, 0.3) is 0 Å². The molecule has 26 heavy (non-hydrogen) atoms. The van der Waals surface area contributed by atoms with Gasteiger partial charge in [0.25, 0.3) is 5.56 Å². The molecule has 1 saturated heterocycles. The number of benzene rings is 1. The molecular formula is C18H17N3O4S. The average Bonchev–Trinajstić information content (AvgIpc) is 2.95. The predicted molar refractivity (Wildman–Crippen MR) is 97.8 cm³/mol. The van der Waals surface area contributed by atoms with E-state index in [1.54, 1.807) is 19.1 Å². The third kappa shape index (κ3) is 3.26. The summed E-state index contributed by atoms with van der Waals surface area (Å²) in [5.74, 6) is -0.649. The fourth-order valence-corrected chi connectivity index (χ4v) is 4.77. The van der Waals surface area contributed by atoms with Crippen LogP contribution in [0.15, 0.2) is 40.1 Å². The Morgan fingerprint density at radius 3 is 2.62 bits per heavy atom. The Bertz CT molecular complexity index is 1080. The lowest BCUT2D eigenvalue weighted by Gasteiger charge is -2.18. The molecule has 1 aromatic carbocycles. The van der Waals surface area contributed by atoms with Crippen molar-refractivity contribution in [2.75, 3.05) is 11.5 Å². The molecule has 0 unspecified atom stereocenters. The molecule has 1 aromatic heterocycles. The van der Waals surface area contributed by atoms with Crippen molar-refractivity contribution in [3.63, 3.8) is 0 Å². The zero-order valence-corrected chi connectivity index (χ0v) is 14.9. The first-order valence-electron chi connectivity index (χ1n) is 8.02. The first kappa shape index (κ1) is 17.9. The highest BCUT2D eigenvalue weighted by atomic mass is 32.2. The van der Waals surface area contributed by atoms with E-state index in [1.165, 1.54) is 6.21 Å². The predicted octanol–water partition coefficient (Wildman–Crippen LogP) is 1.84. The largest absolute Gasteiger partial charge is 0.494 e. The third-order valence-corrected chi connectivity index (χ3v) is 6.22. The number of aliphatic imine (C=N–C) groups is 1. The van der Waals surface area contributed by atoms with Crippen molar-refractivity contribution < 1.29 is 13.5 Å². The van der Waals surface area contributed by atoms with E-state index in [0.717, 1.165) is 4.57 Å². The molecule has 1 atom stereocenters. The Hall–Kier alpha value is -2.92. The van der Waals surface area contributed by atoms with Crippen molar-refractivity contribution in [1.82, 2.24) is 4.57 Å². The van der Waals surface area contributed by atoms with Crippen LogP contribution in [0, 0.1) is 18.3 Å². The Morgan fingerprint density at radius 1 is 1.35 bits per heavy atom. The van der Waals surface area contributed by atoms with Gasteiger partial charge in [-0.15, -0.1) is 0 Å². The van der Waals surface area contributed by atoms with Gasteiger partial charge in [-0.25, -0.2) is 8.42 Å². The van der Waals surface area contributed by atoms with Crippen molar-refractivity contribution in [1.29, 1.82) is 5.26 Å². The highest BCUT2D eigenvalue weighted by Gasteiger charge is 2.33. The molecule has 1 aliphatic rings. The van der Waals surface area contributed by atoms with Crippen LogP contribution in [0.4, 0.5) is 5.69 Å². The number of nitrogens with zero attached hydrogens (tertiary/aromatic N) is 3. The number of rotatable bonds is 3. The first-order chi connectivity index (χ1) is 12.3. The highest BCUT2D eigenvalue weighted by molar-refractivity contribution is 7.91. The number of sulfone groups is 1. The van der Waals surface area contributed by atoms with Crippen molar-refractivity contribution in [2.45, 2.75) is 19.4 Å². The van der Waals surface area contributed by atoms with E-state index >= 15 is 0 Å². The van der Waals surface area contributed by atoms with Crippen LogP contribution >= 0.6 is 0 Å². The zero-order chi connectivity index (χ0) is 18.9. The van der Waals surface area contributed by atoms with Crippen molar-refractivity contribution >= 4 is 21.7 Å². The summed E-state index contributed by atoms with van der Waals surface area (Å²) in [6, 6.07) is 10.2. The Balaban J connectivity index is 2.16. The average molecular weight is 371 g/mol. The van der Waals surface area contributed by atoms with Crippen LogP contribution in [0.2, 0.25) is 0 Å². The summed E-state index contributed by atoms with van der Waals surface area (Å²) in [5.41, 5.74) is 0.384. The summed E-state index contributed by atoms with van der Waals surface area (Å²) in [5, 5.41) is 20.0. The quantitative estimate of drug-likeness (QED) is 0.827. The van der Waals surface area contributed by atoms with E-state index in [0.29, 0.717) is 11.3 Å². The molecule has 0 amide bonds. The summed E-state index contributed by atoms with van der Waals surface area (Å²) in [4.78, 5) is 16.9. The molecule has 0 spiro atoms. The molecule has 2 heterocycles. The lowest BCUT2D eigenvalue weighted by atomic mass is 10.0. The molecule has 0 bridgehead atoms. The number of hydrogen-bond acceptors (Lipinski definition) is 6. The first-order valence-corrected chi connectivity index (χ1v) is 9.84. The SMILES string of the molecule is Cc1c(C=Nc2ccccc2)c(O)n([C@@H]2CCS(=O)(=O)C2)c(=O)c1C#N. The van der Waals surface area contributed by atoms with Gasteiger partial charge in [-0.05, 0) is 31.0 Å². The molecule has 1 aliphatic heterocycles. The van der Waals surface area contributed by atoms with Gasteiger partial charge in [0.1, 0.15) is 11.6 Å². The molecule has 0 radical (unpaired) electrons. The van der Waals surface area contributed by atoms with Crippen LogP contribution in [-0.4, -0.2) is 35.8 Å². The van der Waals surface area contributed by atoms with Crippen LogP contribution in [0.5, 0.6) is 5.88 Å². The summed E-state index contributed by atoms with van der Waals surface area (Å²) >= 11 is 0. The van der Waals surface area contributed by atoms with E-state index in [1.807, 2.05) is 24.3 Å². The number of hydrogen-bond donors (Lipinski definition) is 1. The van der Waals surface area contributed by atoms with Gasteiger partial charge in [-0.1, -0.05) is 18.2 Å². The maximum Gasteiger partial charge on any atom is 0.271 e.